The average molecular weight is 488 g/mol. The number of hydrogen-bond acceptors (Lipinski definition) is 8. The highest BCUT2D eigenvalue weighted by molar-refractivity contribution is 6.30. The molecule has 0 saturated heterocycles. The highest BCUT2D eigenvalue weighted by atomic mass is 35.5. The predicted octanol–water partition coefficient (Wildman–Crippen LogP) is 3.41. The second kappa shape index (κ2) is 11.6. The lowest BCUT2D eigenvalue weighted by Gasteiger charge is -2.25. The lowest BCUT2D eigenvalue weighted by Crippen LogP contribution is -2.47. The Labute approximate surface area is 201 Å². The number of nitrogens with one attached hydrogen (secondary N) is 1. The Bertz CT molecular complexity index is 1120. The number of hydrogen-bond donors (Lipinski definition) is 3. The second-order valence-electron chi connectivity index (χ2n) is 8.12. The third kappa shape index (κ3) is 7.31. The molecule has 0 radical (unpaired) electrons. The van der Waals surface area contributed by atoms with Gasteiger partial charge in [-0.1, -0.05) is 61.8 Å². The summed E-state index contributed by atoms with van der Waals surface area (Å²) < 4.78 is 9.85. The maximum atomic E-state index is 12.5. The Balaban J connectivity index is 1.73. The zero-order chi connectivity index (χ0) is 24.7. The van der Waals surface area contributed by atoms with Gasteiger partial charge in [0.2, 0.25) is 5.76 Å². The quantitative estimate of drug-likeness (QED) is 0.293. The van der Waals surface area contributed by atoms with Crippen molar-refractivity contribution in [1.29, 1.82) is 0 Å². The molecule has 0 unspecified atom stereocenters. The number of carbonyl (C=O) groups is 2. The van der Waals surface area contributed by atoms with Crippen LogP contribution in [0, 0.1) is 5.92 Å². The fourth-order valence-electron chi connectivity index (χ4n) is 3.04. The standard InChI is InChI=1S/C24H26ClN3O6/c1-15(2)14-33-24(32)20(29)13-28(26-23(31)21-11-22(30)27-34-21)12-16-6-8-17(9-7-16)18-4-3-5-19(25)10-18/h3-11,15,20,29H,12-14H2,1-2H3,(H,26,31)(H,27,30)/t20-/m1/s1. The molecule has 0 bridgehead atoms. The number of aliphatic hydroxyl groups is 1. The van der Waals surface area contributed by atoms with Crippen molar-refractivity contribution in [2.45, 2.75) is 26.5 Å². The van der Waals surface area contributed by atoms with E-state index in [0.717, 1.165) is 22.8 Å². The summed E-state index contributed by atoms with van der Waals surface area (Å²) in [6.07, 6.45) is -1.49. The van der Waals surface area contributed by atoms with E-state index in [0.29, 0.717) is 5.02 Å². The zero-order valence-corrected chi connectivity index (χ0v) is 19.5. The van der Waals surface area contributed by atoms with Gasteiger partial charge in [-0.25, -0.2) is 9.80 Å². The van der Waals surface area contributed by atoms with E-state index < -0.39 is 23.9 Å². The molecule has 0 aliphatic heterocycles. The smallest absolute Gasteiger partial charge is 0.336 e. The summed E-state index contributed by atoms with van der Waals surface area (Å²) in [4.78, 5) is 24.6. The van der Waals surface area contributed by atoms with E-state index in [-0.39, 0.29) is 31.4 Å². The Morgan fingerprint density at radius 1 is 1.15 bits per heavy atom. The van der Waals surface area contributed by atoms with Crippen molar-refractivity contribution in [2.75, 3.05) is 13.2 Å². The van der Waals surface area contributed by atoms with Crippen LogP contribution in [0.25, 0.3) is 11.1 Å². The molecule has 0 spiro atoms. The first kappa shape index (κ1) is 25.2. The molecule has 2 aromatic carbocycles. The van der Waals surface area contributed by atoms with E-state index in [1.165, 1.54) is 5.01 Å². The number of carbonyl (C=O) groups excluding carboxylic acids is 2. The van der Waals surface area contributed by atoms with Crippen molar-refractivity contribution in [3.05, 3.63) is 70.9 Å². The molecule has 0 fully saturated rings. The van der Waals surface area contributed by atoms with Crippen LogP contribution in [0.4, 0.5) is 0 Å². The van der Waals surface area contributed by atoms with Gasteiger partial charge >= 0.3 is 11.9 Å². The third-order valence-corrected chi connectivity index (χ3v) is 4.93. The number of rotatable bonds is 10. The topological polar surface area (TPSA) is 125 Å². The van der Waals surface area contributed by atoms with E-state index in [2.05, 4.69) is 10.6 Å². The summed E-state index contributed by atoms with van der Waals surface area (Å²) >= 11 is 6.07. The summed E-state index contributed by atoms with van der Waals surface area (Å²) in [6.45, 7) is 3.86. The van der Waals surface area contributed by atoms with Crippen LogP contribution in [0.1, 0.15) is 30.0 Å². The van der Waals surface area contributed by atoms with Crippen LogP contribution < -0.4 is 5.43 Å². The van der Waals surface area contributed by atoms with Crippen LogP contribution in [-0.4, -0.2) is 51.5 Å². The van der Waals surface area contributed by atoms with Gasteiger partial charge in [0.25, 0.3) is 5.88 Å². The molecule has 0 aliphatic rings. The van der Waals surface area contributed by atoms with Crippen LogP contribution in [-0.2, 0) is 16.1 Å². The Kier molecular flexibility index (Phi) is 8.64. The van der Waals surface area contributed by atoms with Crippen LogP contribution in [0.15, 0.2) is 59.1 Å². The van der Waals surface area contributed by atoms with Gasteiger partial charge < -0.3 is 19.5 Å². The Morgan fingerprint density at radius 2 is 1.88 bits per heavy atom. The number of hydrazine groups is 1. The number of esters is 1. The Morgan fingerprint density at radius 3 is 2.50 bits per heavy atom. The molecule has 3 N–H and O–H groups in total. The lowest BCUT2D eigenvalue weighted by atomic mass is 10.0. The number of benzene rings is 2. The third-order valence-electron chi connectivity index (χ3n) is 4.69. The number of aromatic nitrogens is 1. The van der Waals surface area contributed by atoms with E-state index in [9.17, 15) is 19.8 Å². The largest absolute Gasteiger partial charge is 0.491 e. The molecular weight excluding hydrogens is 462 g/mol. The fraction of sp³-hybridized carbons (Fsp3) is 0.292. The molecule has 180 valence electrons. The minimum absolute atomic E-state index is 0.115. The van der Waals surface area contributed by atoms with Crippen LogP contribution in [0.2, 0.25) is 5.02 Å². The van der Waals surface area contributed by atoms with Crippen LogP contribution in [0.5, 0.6) is 5.88 Å². The normalized spacial score (nSPS) is 12.1. The number of aliphatic hydroxyl groups excluding tert-OH is 1. The number of ether oxygens (including phenoxy) is 1. The first-order valence-electron chi connectivity index (χ1n) is 10.6. The fourth-order valence-corrected chi connectivity index (χ4v) is 3.23. The van der Waals surface area contributed by atoms with Gasteiger partial charge in [0.05, 0.1) is 19.2 Å². The van der Waals surface area contributed by atoms with E-state index in [1.807, 2.05) is 56.3 Å². The summed E-state index contributed by atoms with van der Waals surface area (Å²) in [6, 6.07) is 16.1. The first-order valence-corrected chi connectivity index (χ1v) is 11.0. The molecule has 34 heavy (non-hydrogen) atoms. The van der Waals surface area contributed by atoms with E-state index in [1.54, 1.807) is 6.07 Å². The number of nitrogens with zero attached hydrogens (tertiary/aromatic N) is 2. The molecule has 10 heteroatoms. The lowest BCUT2D eigenvalue weighted by molar-refractivity contribution is -0.156. The molecule has 1 amide bonds. The van der Waals surface area contributed by atoms with Crippen molar-refractivity contribution in [3.8, 4) is 17.0 Å². The summed E-state index contributed by atoms with van der Waals surface area (Å²) in [5.74, 6) is -2.04. The molecule has 1 atom stereocenters. The molecule has 1 aromatic heterocycles. The van der Waals surface area contributed by atoms with Gasteiger partial charge in [0.15, 0.2) is 6.10 Å². The van der Waals surface area contributed by atoms with Crippen molar-refractivity contribution in [2.24, 2.45) is 5.92 Å². The van der Waals surface area contributed by atoms with Gasteiger partial charge in [-0.2, -0.15) is 0 Å². The summed E-state index contributed by atoms with van der Waals surface area (Å²) in [7, 11) is 0. The van der Waals surface area contributed by atoms with Gasteiger partial charge in [-0.3, -0.25) is 10.2 Å². The zero-order valence-electron chi connectivity index (χ0n) is 18.8. The maximum Gasteiger partial charge on any atom is 0.336 e. The minimum atomic E-state index is -1.49. The highest BCUT2D eigenvalue weighted by Crippen LogP contribution is 2.23. The van der Waals surface area contributed by atoms with Gasteiger partial charge in [0, 0.05) is 11.6 Å². The average Bonchev–Trinajstić information content (AvgIpc) is 3.24. The minimum Gasteiger partial charge on any atom is -0.491 e. The van der Waals surface area contributed by atoms with Gasteiger partial charge in [-0.05, 0) is 39.9 Å². The molecule has 9 nitrogen and oxygen atoms in total. The first-order chi connectivity index (χ1) is 16.2. The summed E-state index contributed by atoms with van der Waals surface area (Å²) in [5.41, 5.74) is 5.28. The van der Waals surface area contributed by atoms with Gasteiger partial charge in [-0.15, -0.1) is 0 Å². The molecule has 3 aromatic rings. The Hall–Kier alpha value is -3.40. The molecular formula is C24H26ClN3O6. The van der Waals surface area contributed by atoms with E-state index >= 15 is 0 Å². The molecule has 1 heterocycles. The summed E-state index contributed by atoms with van der Waals surface area (Å²) in [5, 5.41) is 24.9. The number of halogens is 1. The highest BCUT2D eigenvalue weighted by Gasteiger charge is 2.24. The predicted molar refractivity (Wildman–Crippen MR) is 125 cm³/mol. The number of aromatic hydroxyl groups is 1. The SMILES string of the molecule is CC(C)COC(=O)[C@H](O)CN(Cc1ccc(-c2cccc(Cl)c2)cc1)NC(=O)c1cc(O)no1. The van der Waals surface area contributed by atoms with Crippen molar-refractivity contribution >= 4 is 23.5 Å². The maximum absolute atomic E-state index is 12.5. The van der Waals surface area contributed by atoms with Crippen LogP contribution >= 0.6 is 11.6 Å². The van der Waals surface area contributed by atoms with Crippen molar-refractivity contribution < 1.29 is 29.1 Å². The van der Waals surface area contributed by atoms with Crippen molar-refractivity contribution in [3.63, 3.8) is 0 Å². The monoisotopic (exact) mass is 487 g/mol. The molecule has 0 aliphatic carbocycles. The van der Waals surface area contributed by atoms with E-state index in [4.69, 9.17) is 20.9 Å². The molecule has 3 rings (SSSR count). The molecule has 0 saturated carbocycles. The second-order valence-corrected chi connectivity index (χ2v) is 8.55. The van der Waals surface area contributed by atoms with Gasteiger partial charge in [0.1, 0.15) is 0 Å². The van der Waals surface area contributed by atoms with Crippen LogP contribution in [0.3, 0.4) is 0 Å². The van der Waals surface area contributed by atoms with Crippen molar-refractivity contribution in [1.82, 2.24) is 15.6 Å². The number of amides is 1.